The number of carbonyl (C=O) groups is 2. The molecule has 0 unspecified atom stereocenters. The van der Waals surface area contributed by atoms with Crippen LogP contribution in [0.5, 0.6) is 11.5 Å². The van der Waals surface area contributed by atoms with E-state index in [2.05, 4.69) is 15.6 Å². The number of pyridine rings is 1. The number of aryl methyl sites for hydroxylation is 1. The summed E-state index contributed by atoms with van der Waals surface area (Å²) >= 11 is 0. The maximum atomic E-state index is 11.7. The number of anilines is 1. The standard InChI is InChI=1S/C17H19N3O4/c1-12-3-8-15(18-9-12)20-16(21)10-19-17(22)11-24-14-6-4-13(23-2)5-7-14/h3-9H,10-11H2,1-2H3,(H,19,22)(H,18,20,21). The molecule has 1 aromatic carbocycles. The van der Waals surface area contributed by atoms with Crippen molar-refractivity contribution in [1.29, 1.82) is 0 Å². The Hall–Kier alpha value is -3.09. The Morgan fingerprint density at radius 2 is 1.75 bits per heavy atom. The van der Waals surface area contributed by atoms with Crippen LogP contribution in [0.3, 0.4) is 0 Å². The van der Waals surface area contributed by atoms with Gasteiger partial charge in [-0.15, -0.1) is 0 Å². The summed E-state index contributed by atoms with van der Waals surface area (Å²) in [4.78, 5) is 27.5. The van der Waals surface area contributed by atoms with E-state index in [0.29, 0.717) is 17.3 Å². The molecule has 2 N–H and O–H groups in total. The molecule has 126 valence electrons. The van der Waals surface area contributed by atoms with Gasteiger partial charge in [-0.3, -0.25) is 9.59 Å². The van der Waals surface area contributed by atoms with Crippen molar-refractivity contribution >= 4 is 17.6 Å². The minimum Gasteiger partial charge on any atom is -0.497 e. The first-order chi connectivity index (χ1) is 11.6. The van der Waals surface area contributed by atoms with E-state index in [9.17, 15) is 9.59 Å². The molecule has 0 atom stereocenters. The van der Waals surface area contributed by atoms with Crippen LogP contribution in [0.15, 0.2) is 42.6 Å². The fraction of sp³-hybridized carbons (Fsp3) is 0.235. The van der Waals surface area contributed by atoms with Crippen LogP contribution in [0.4, 0.5) is 5.82 Å². The van der Waals surface area contributed by atoms with Gasteiger partial charge in [-0.2, -0.15) is 0 Å². The zero-order chi connectivity index (χ0) is 17.4. The highest BCUT2D eigenvalue weighted by Gasteiger charge is 2.07. The topological polar surface area (TPSA) is 89.5 Å². The lowest BCUT2D eigenvalue weighted by atomic mass is 10.3. The summed E-state index contributed by atoms with van der Waals surface area (Å²) in [5, 5.41) is 5.07. The number of rotatable bonds is 7. The zero-order valence-corrected chi connectivity index (χ0v) is 13.5. The number of methoxy groups -OCH3 is 1. The lowest BCUT2D eigenvalue weighted by Gasteiger charge is -2.08. The molecule has 0 aliphatic carbocycles. The van der Waals surface area contributed by atoms with Gasteiger partial charge < -0.3 is 20.1 Å². The Morgan fingerprint density at radius 1 is 1.04 bits per heavy atom. The van der Waals surface area contributed by atoms with Crippen LogP contribution < -0.4 is 20.1 Å². The summed E-state index contributed by atoms with van der Waals surface area (Å²) in [7, 11) is 1.57. The van der Waals surface area contributed by atoms with Gasteiger partial charge in [0.15, 0.2) is 6.61 Å². The van der Waals surface area contributed by atoms with Gasteiger partial charge in [-0.1, -0.05) is 6.07 Å². The van der Waals surface area contributed by atoms with E-state index in [1.807, 2.05) is 13.0 Å². The summed E-state index contributed by atoms with van der Waals surface area (Å²) in [6.45, 7) is 1.57. The second-order valence-corrected chi connectivity index (χ2v) is 5.01. The van der Waals surface area contributed by atoms with Gasteiger partial charge in [0.05, 0.1) is 13.7 Å². The molecule has 2 aromatic rings. The Bertz CT molecular complexity index is 684. The van der Waals surface area contributed by atoms with Crippen molar-refractivity contribution in [3.05, 3.63) is 48.2 Å². The van der Waals surface area contributed by atoms with E-state index < -0.39 is 5.91 Å². The van der Waals surface area contributed by atoms with Crippen LogP contribution in [-0.4, -0.2) is 37.1 Å². The number of nitrogens with one attached hydrogen (secondary N) is 2. The van der Waals surface area contributed by atoms with Gasteiger partial charge in [0, 0.05) is 6.20 Å². The van der Waals surface area contributed by atoms with Crippen molar-refractivity contribution in [2.45, 2.75) is 6.92 Å². The lowest BCUT2D eigenvalue weighted by Crippen LogP contribution is -2.35. The number of hydrogen-bond donors (Lipinski definition) is 2. The second kappa shape index (κ2) is 8.52. The van der Waals surface area contributed by atoms with E-state index in [0.717, 1.165) is 5.56 Å². The third-order valence-corrected chi connectivity index (χ3v) is 3.05. The molecule has 0 saturated carbocycles. The van der Waals surface area contributed by atoms with Gasteiger partial charge in [-0.05, 0) is 42.8 Å². The second-order valence-electron chi connectivity index (χ2n) is 5.01. The molecule has 1 aromatic heterocycles. The number of ether oxygens (including phenoxy) is 2. The summed E-state index contributed by atoms with van der Waals surface area (Å²) < 4.78 is 10.4. The Labute approximate surface area is 140 Å². The molecule has 7 heteroatoms. The minimum absolute atomic E-state index is 0.152. The molecular formula is C17H19N3O4. The van der Waals surface area contributed by atoms with E-state index in [1.165, 1.54) is 0 Å². The molecule has 0 spiro atoms. The van der Waals surface area contributed by atoms with E-state index in [1.54, 1.807) is 43.6 Å². The van der Waals surface area contributed by atoms with E-state index >= 15 is 0 Å². The smallest absolute Gasteiger partial charge is 0.258 e. The average Bonchev–Trinajstić information content (AvgIpc) is 2.60. The molecule has 0 aliphatic heterocycles. The van der Waals surface area contributed by atoms with Crippen LogP contribution in [0.1, 0.15) is 5.56 Å². The molecule has 1 heterocycles. The molecule has 0 radical (unpaired) electrons. The highest BCUT2D eigenvalue weighted by atomic mass is 16.5. The molecule has 0 saturated heterocycles. The van der Waals surface area contributed by atoms with Gasteiger partial charge >= 0.3 is 0 Å². The van der Waals surface area contributed by atoms with E-state index in [4.69, 9.17) is 9.47 Å². The van der Waals surface area contributed by atoms with Crippen molar-refractivity contribution in [2.24, 2.45) is 0 Å². The van der Waals surface area contributed by atoms with E-state index in [-0.39, 0.29) is 19.1 Å². The van der Waals surface area contributed by atoms with Crippen LogP contribution >= 0.6 is 0 Å². The summed E-state index contributed by atoms with van der Waals surface area (Å²) in [5.41, 5.74) is 0.997. The SMILES string of the molecule is COc1ccc(OCC(=O)NCC(=O)Nc2ccc(C)cn2)cc1. The normalized spacial score (nSPS) is 9.92. The fourth-order valence-corrected chi connectivity index (χ4v) is 1.78. The van der Waals surface area contributed by atoms with Crippen LogP contribution in [0.25, 0.3) is 0 Å². The van der Waals surface area contributed by atoms with Gasteiger partial charge in [-0.25, -0.2) is 4.98 Å². The van der Waals surface area contributed by atoms with Crippen molar-refractivity contribution in [3.63, 3.8) is 0 Å². The summed E-state index contributed by atoms with van der Waals surface area (Å²) in [6, 6.07) is 10.4. The molecule has 7 nitrogen and oxygen atoms in total. The maximum Gasteiger partial charge on any atom is 0.258 e. The summed E-state index contributed by atoms with van der Waals surface area (Å²) in [5.74, 6) is 0.934. The maximum absolute atomic E-state index is 11.7. The zero-order valence-electron chi connectivity index (χ0n) is 13.5. The molecular weight excluding hydrogens is 310 g/mol. The predicted molar refractivity (Wildman–Crippen MR) is 89.1 cm³/mol. The first-order valence-corrected chi connectivity index (χ1v) is 7.33. The third kappa shape index (κ3) is 5.60. The monoisotopic (exact) mass is 329 g/mol. The van der Waals surface area contributed by atoms with Gasteiger partial charge in [0.25, 0.3) is 5.91 Å². The Morgan fingerprint density at radius 3 is 2.38 bits per heavy atom. The van der Waals surface area contributed by atoms with Crippen molar-refractivity contribution in [1.82, 2.24) is 10.3 Å². The van der Waals surface area contributed by atoms with Crippen molar-refractivity contribution in [2.75, 3.05) is 25.6 Å². The Kier molecular flexibility index (Phi) is 6.13. The first-order valence-electron chi connectivity index (χ1n) is 7.33. The molecule has 2 amide bonds. The van der Waals surface area contributed by atoms with Crippen LogP contribution in [-0.2, 0) is 9.59 Å². The van der Waals surface area contributed by atoms with Gasteiger partial charge in [0.2, 0.25) is 5.91 Å². The minimum atomic E-state index is -0.391. The number of carbonyl (C=O) groups excluding carboxylic acids is 2. The predicted octanol–water partition coefficient (Wildman–Crippen LogP) is 1.53. The summed E-state index contributed by atoms with van der Waals surface area (Å²) in [6.07, 6.45) is 1.65. The number of hydrogen-bond acceptors (Lipinski definition) is 5. The highest BCUT2D eigenvalue weighted by Crippen LogP contribution is 2.16. The molecule has 0 bridgehead atoms. The fourth-order valence-electron chi connectivity index (χ4n) is 1.78. The molecule has 24 heavy (non-hydrogen) atoms. The quantitative estimate of drug-likeness (QED) is 0.804. The molecule has 0 aliphatic rings. The number of nitrogens with zero attached hydrogens (tertiary/aromatic N) is 1. The first kappa shape index (κ1) is 17.3. The lowest BCUT2D eigenvalue weighted by molar-refractivity contribution is -0.125. The van der Waals surface area contributed by atoms with Gasteiger partial charge in [0.1, 0.15) is 17.3 Å². The van der Waals surface area contributed by atoms with Crippen molar-refractivity contribution in [3.8, 4) is 11.5 Å². The highest BCUT2D eigenvalue weighted by molar-refractivity contribution is 5.93. The van der Waals surface area contributed by atoms with Crippen LogP contribution in [0.2, 0.25) is 0 Å². The number of aromatic nitrogens is 1. The van der Waals surface area contributed by atoms with Crippen molar-refractivity contribution < 1.29 is 19.1 Å². The number of amides is 2. The Balaban J connectivity index is 1.70. The largest absolute Gasteiger partial charge is 0.497 e. The average molecular weight is 329 g/mol. The van der Waals surface area contributed by atoms with Crippen LogP contribution in [0, 0.1) is 6.92 Å². The molecule has 0 fully saturated rings. The third-order valence-electron chi connectivity index (χ3n) is 3.05. The molecule has 2 rings (SSSR count). The number of benzene rings is 1.